The van der Waals surface area contributed by atoms with E-state index in [-0.39, 0.29) is 12.1 Å². The van der Waals surface area contributed by atoms with Gasteiger partial charge in [0.15, 0.2) is 0 Å². The molecule has 0 saturated heterocycles. The minimum atomic E-state index is -0.785. The van der Waals surface area contributed by atoms with E-state index in [1.807, 2.05) is 0 Å². The molecule has 1 heterocycles. The Morgan fingerprint density at radius 2 is 2.00 bits per heavy atom. The summed E-state index contributed by atoms with van der Waals surface area (Å²) in [5, 5.41) is 22.2. The van der Waals surface area contributed by atoms with E-state index in [9.17, 15) is 14.9 Å². The average molecular weight is 296 g/mol. The van der Waals surface area contributed by atoms with Crippen molar-refractivity contribution in [3.8, 4) is 0 Å². The van der Waals surface area contributed by atoms with Crippen LogP contribution < -0.4 is 5.32 Å². The molecule has 0 spiro atoms. The third-order valence-electron chi connectivity index (χ3n) is 3.32. The van der Waals surface area contributed by atoms with Crippen LogP contribution in [0.15, 0.2) is 12.4 Å². The van der Waals surface area contributed by atoms with Gasteiger partial charge < -0.3 is 10.4 Å². The molecule has 21 heavy (non-hydrogen) atoms. The molecule has 1 atom stereocenters. The number of carbonyl (C=O) groups is 1. The van der Waals surface area contributed by atoms with Crippen molar-refractivity contribution in [1.29, 1.82) is 0 Å². The molecule has 2 N–H and O–H groups in total. The smallest absolute Gasteiger partial charge is 0.305 e. The number of nitrogens with zero attached hydrogens (tertiary/aromatic N) is 3. The van der Waals surface area contributed by atoms with E-state index < -0.39 is 10.9 Å². The van der Waals surface area contributed by atoms with Crippen LogP contribution in [-0.4, -0.2) is 32.5 Å². The zero-order chi connectivity index (χ0) is 15.8. The van der Waals surface area contributed by atoms with Crippen LogP contribution in [0.4, 0.5) is 11.6 Å². The minimum Gasteiger partial charge on any atom is -0.481 e. The first-order valence-electron chi connectivity index (χ1n) is 6.82. The molecule has 0 fully saturated rings. The van der Waals surface area contributed by atoms with E-state index in [0.717, 1.165) is 18.8 Å². The standard InChI is InChI=1S/C13H20N4O4/c1-9(2)10(3-4-12(18)19)5-6-14-13-15-7-11(8-16-13)17(20)21/h7-10H,3-6H2,1-2H3,(H,18,19)(H,14,15,16). The van der Waals surface area contributed by atoms with E-state index in [2.05, 4.69) is 29.1 Å². The summed E-state index contributed by atoms with van der Waals surface area (Å²) in [6.45, 7) is 4.73. The summed E-state index contributed by atoms with van der Waals surface area (Å²) in [4.78, 5) is 28.3. The molecule has 0 aliphatic rings. The summed E-state index contributed by atoms with van der Waals surface area (Å²) in [6.07, 6.45) is 3.90. The topological polar surface area (TPSA) is 118 Å². The van der Waals surface area contributed by atoms with E-state index in [0.29, 0.717) is 30.7 Å². The fourth-order valence-electron chi connectivity index (χ4n) is 2.00. The molecule has 1 rings (SSSR count). The number of hydrogen-bond donors (Lipinski definition) is 2. The predicted molar refractivity (Wildman–Crippen MR) is 77.0 cm³/mol. The Labute approximate surface area is 122 Å². The third kappa shape index (κ3) is 6.15. The number of aliphatic carboxylic acids is 1. The summed E-state index contributed by atoms with van der Waals surface area (Å²) < 4.78 is 0. The predicted octanol–water partition coefficient (Wildman–Crippen LogP) is 2.32. The number of aromatic nitrogens is 2. The monoisotopic (exact) mass is 296 g/mol. The van der Waals surface area contributed by atoms with Crippen molar-refractivity contribution in [2.75, 3.05) is 11.9 Å². The molecule has 0 bridgehead atoms. The van der Waals surface area contributed by atoms with Gasteiger partial charge in [-0.15, -0.1) is 0 Å². The van der Waals surface area contributed by atoms with E-state index in [4.69, 9.17) is 5.11 Å². The van der Waals surface area contributed by atoms with Gasteiger partial charge >= 0.3 is 11.7 Å². The Kier molecular flexibility index (Phi) is 6.51. The fraction of sp³-hybridized carbons (Fsp3) is 0.615. The number of carboxylic acid groups (broad SMARTS) is 1. The van der Waals surface area contributed by atoms with E-state index in [1.165, 1.54) is 0 Å². The highest BCUT2D eigenvalue weighted by molar-refractivity contribution is 5.66. The second-order valence-corrected chi connectivity index (χ2v) is 5.17. The lowest BCUT2D eigenvalue weighted by Gasteiger charge is -2.20. The molecular weight excluding hydrogens is 276 g/mol. The lowest BCUT2D eigenvalue weighted by Crippen LogP contribution is -2.16. The zero-order valence-corrected chi connectivity index (χ0v) is 12.2. The van der Waals surface area contributed by atoms with Crippen molar-refractivity contribution >= 4 is 17.6 Å². The van der Waals surface area contributed by atoms with Crippen molar-refractivity contribution < 1.29 is 14.8 Å². The SMILES string of the molecule is CC(C)C(CCNc1ncc([N+](=O)[O-])cn1)CCC(=O)O. The van der Waals surface area contributed by atoms with Crippen LogP contribution in [0, 0.1) is 22.0 Å². The van der Waals surface area contributed by atoms with Crippen molar-refractivity contribution in [1.82, 2.24) is 9.97 Å². The summed E-state index contributed by atoms with van der Waals surface area (Å²) in [5.41, 5.74) is -0.151. The molecule has 8 heteroatoms. The minimum absolute atomic E-state index is 0.151. The zero-order valence-electron chi connectivity index (χ0n) is 12.2. The Balaban J connectivity index is 2.42. The molecule has 0 saturated carbocycles. The van der Waals surface area contributed by atoms with Gasteiger partial charge in [-0.25, -0.2) is 9.97 Å². The van der Waals surface area contributed by atoms with Crippen LogP contribution in [0.3, 0.4) is 0 Å². The first kappa shape index (κ1) is 16.8. The highest BCUT2D eigenvalue weighted by Crippen LogP contribution is 2.21. The summed E-state index contributed by atoms with van der Waals surface area (Å²) >= 11 is 0. The number of anilines is 1. The number of hydrogen-bond acceptors (Lipinski definition) is 6. The van der Waals surface area contributed by atoms with Gasteiger partial charge in [-0.3, -0.25) is 14.9 Å². The van der Waals surface area contributed by atoms with E-state index >= 15 is 0 Å². The van der Waals surface area contributed by atoms with Crippen molar-refractivity contribution in [3.63, 3.8) is 0 Å². The molecule has 0 amide bonds. The molecule has 116 valence electrons. The van der Waals surface area contributed by atoms with Crippen LogP contribution in [-0.2, 0) is 4.79 Å². The van der Waals surface area contributed by atoms with Crippen LogP contribution >= 0.6 is 0 Å². The van der Waals surface area contributed by atoms with Crippen molar-refractivity contribution in [3.05, 3.63) is 22.5 Å². The first-order valence-corrected chi connectivity index (χ1v) is 6.82. The molecule has 8 nitrogen and oxygen atoms in total. The van der Waals surface area contributed by atoms with Gasteiger partial charge in [-0.2, -0.15) is 0 Å². The average Bonchev–Trinajstić information content (AvgIpc) is 2.42. The Morgan fingerprint density at radius 1 is 1.38 bits per heavy atom. The quantitative estimate of drug-likeness (QED) is 0.530. The Morgan fingerprint density at radius 3 is 2.48 bits per heavy atom. The highest BCUT2D eigenvalue weighted by atomic mass is 16.6. The van der Waals surface area contributed by atoms with Gasteiger partial charge in [0.1, 0.15) is 12.4 Å². The van der Waals surface area contributed by atoms with Crippen LogP contribution in [0.1, 0.15) is 33.1 Å². The van der Waals surface area contributed by atoms with Crippen molar-refractivity contribution in [2.24, 2.45) is 11.8 Å². The van der Waals surface area contributed by atoms with Gasteiger partial charge in [0, 0.05) is 13.0 Å². The maximum Gasteiger partial charge on any atom is 0.305 e. The third-order valence-corrected chi connectivity index (χ3v) is 3.32. The normalized spacial score (nSPS) is 12.1. The number of rotatable bonds is 9. The number of nitrogens with one attached hydrogen (secondary N) is 1. The van der Waals surface area contributed by atoms with Gasteiger partial charge in [0.25, 0.3) is 0 Å². The van der Waals surface area contributed by atoms with Gasteiger partial charge in [-0.1, -0.05) is 13.8 Å². The molecular formula is C13H20N4O4. The maximum absolute atomic E-state index is 10.6. The van der Waals surface area contributed by atoms with Gasteiger partial charge in [-0.05, 0) is 24.7 Å². The molecule has 0 aliphatic heterocycles. The highest BCUT2D eigenvalue weighted by Gasteiger charge is 2.15. The largest absolute Gasteiger partial charge is 0.481 e. The molecule has 1 aromatic heterocycles. The molecule has 0 aromatic carbocycles. The number of carboxylic acids is 1. The van der Waals surface area contributed by atoms with Crippen LogP contribution in [0.2, 0.25) is 0 Å². The van der Waals surface area contributed by atoms with Gasteiger partial charge in [0.05, 0.1) is 4.92 Å². The van der Waals surface area contributed by atoms with Crippen LogP contribution in [0.5, 0.6) is 0 Å². The van der Waals surface area contributed by atoms with Crippen LogP contribution in [0.25, 0.3) is 0 Å². The fourth-order valence-corrected chi connectivity index (χ4v) is 2.00. The molecule has 1 aromatic rings. The Bertz CT molecular complexity index is 476. The van der Waals surface area contributed by atoms with E-state index in [1.54, 1.807) is 0 Å². The maximum atomic E-state index is 10.6. The second kappa shape index (κ2) is 8.13. The van der Waals surface area contributed by atoms with Gasteiger partial charge in [0.2, 0.25) is 5.95 Å². The second-order valence-electron chi connectivity index (χ2n) is 5.17. The molecule has 1 unspecified atom stereocenters. The number of nitro groups is 1. The van der Waals surface area contributed by atoms with Crippen molar-refractivity contribution in [2.45, 2.75) is 33.1 Å². The Hall–Kier alpha value is -2.25. The summed E-state index contributed by atoms with van der Waals surface area (Å²) in [5.74, 6) is 0.240. The molecule has 0 aliphatic carbocycles. The lowest BCUT2D eigenvalue weighted by atomic mass is 9.88. The molecule has 0 radical (unpaired) electrons. The lowest BCUT2D eigenvalue weighted by molar-refractivity contribution is -0.385. The summed E-state index contributed by atoms with van der Waals surface area (Å²) in [7, 11) is 0. The first-order chi connectivity index (χ1) is 9.90. The summed E-state index contributed by atoms with van der Waals surface area (Å²) in [6, 6.07) is 0.